The van der Waals surface area contributed by atoms with Gasteiger partial charge < -0.3 is 20.5 Å². The number of rotatable bonds is 4. The Morgan fingerprint density at radius 2 is 2.05 bits per heavy atom. The third kappa shape index (κ3) is 3.49. The Morgan fingerprint density at radius 1 is 1.40 bits per heavy atom. The zero-order valence-corrected chi connectivity index (χ0v) is 11.3. The molecular formula is C12H16N4O4. The number of carbonyl (C=O) groups is 2. The molecule has 2 heterocycles. The van der Waals surface area contributed by atoms with E-state index in [9.17, 15) is 9.59 Å². The summed E-state index contributed by atoms with van der Waals surface area (Å²) in [6, 6.07) is 0. The first-order valence-corrected chi connectivity index (χ1v) is 6.09. The van der Waals surface area contributed by atoms with Gasteiger partial charge in [0.15, 0.2) is 5.79 Å². The lowest BCUT2D eigenvalue weighted by Gasteiger charge is -2.17. The number of hydrogen-bond acceptors (Lipinski definition) is 6. The van der Waals surface area contributed by atoms with Crippen LogP contribution in [0.1, 0.15) is 34.8 Å². The van der Waals surface area contributed by atoms with Crippen molar-refractivity contribution in [2.75, 3.05) is 13.2 Å². The maximum Gasteiger partial charge on any atom is 0.271 e. The van der Waals surface area contributed by atoms with Gasteiger partial charge in [0, 0.05) is 6.54 Å². The van der Waals surface area contributed by atoms with E-state index >= 15 is 0 Å². The second-order valence-electron chi connectivity index (χ2n) is 4.81. The molecule has 20 heavy (non-hydrogen) atoms. The van der Waals surface area contributed by atoms with Crippen LogP contribution in [-0.2, 0) is 9.47 Å². The van der Waals surface area contributed by atoms with Gasteiger partial charge in [-0.2, -0.15) is 0 Å². The topological polar surface area (TPSA) is 116 Å². The van der Waals surface area contributed by atoms with Crippen LogP contribution in [0.5, 0.6) is 0 Å². The molecule has 1 aromatic rings. The quantitative estimate of drug-likeness (QED) is 0.764. The molecule has 1 aromatic heterocycles. The normalized spacial score (nSPS) is 20.6. The molecule has 1 aliphatic heterocycles. The van der Waals surface area contributed by atoms with Crippen LogP contribution in [-0.4, -0.2) is 46.8 Å². The molecule has 0 saturated carbocycles. The van der Waals surface area contributed by atoms with Crippen molar-refractivity contribution in [3.05, 3.63) is 23.8 Å². The molecule has 0 aliphatic carbocycles. The molecule has 0 spiro atoms. The molecule has 0 aromatic carbocycles. The first-order chi connectivity index (χ1) is 9.37. The third-order valence-electron chi connectivity index (χ3n) is 2.69. The first-order valence-electron chi connectivity index (χ1n) is 6.09. The van der Waals surface area contributed by atoms with Gasteiger partial charge in [-0.25, -0.2) is 9.97 Å². The van der Waals surface area contributed by atoms with Gasteiger partial charge in [0.05, 0.1) is 19.0 Å². The molecule has 8 heteroatoms. The highest BCUT2D eigenvalue weighted by molar-refractivity contribution is 5.93. The monoisotopic (exact) mass is 280 g/mol. The van der Waals surface area contributed by atoms with Gasteiger partial charge in [0.1, 0.15) is 17.5 Å². The number of carbonyl (C=O) groups excluding carboxylic acids is 2. The van der Waals surface area contributed by atoms with E-state index in [0.717, 1.165) is 6.20 Å². The van der Waals surface area contributed by atoms with Crippen molar-refractivity contribution in [2.45, 2.75) is 25.7 Å². The molecule has 108 valence electrons. The predicted molar refractivity (Wildman–Crippen MR) is 67.8 cm³/mol. The van der Waals surface area contributed by atoms with Crippen molar-refractivity contribution in [3.63, 3.8) is 0 Å². The Morgan fingerprint density at radius 3 is 2.55 bits per heavy atom. The van der Waals surface area contributed by atoms with Crippen LogP contribution in [0.2, 0.25) is 0 Å². The lowest BCUT2D eigenvalue weighted by molar-refractivity contribution is -0.137. The summed E-state index contributed by atoms with van der Waals surface area (Å²) in [5.74, 6) is -1.72. The molecule has 1 fully saturated rings. The van der Waals surface area contributed by atoms with E-state index in [1.54, 1.807) is 0 Å². The van der Waals surface area contributed by atoms with Crippen molar-refractivity contribution in [3.8, 4) is 0 Å². The van der Waals surface area contributed by atoms with Crippen LogP contribution in [0.25, 0.3) is 0 Å². The summed E-state index contributed by atoms with van der Waals surface area (Å²) in [5.41, 5.74) is 5.15. The molecule has 1 atom stereocenters. The van der Waals surface area contributed by atoms with E-state index in [1.165, 1.54) is 6.20 Å². The summed E-state index contributed by atoms with van der Waals surface area (Å²) in [4.78, 5) is 30.2. The molecule has 2 rings (SSSR count). The van der Waals surface area contributed by atoms with Crippen molar-refractivity contribution in [2.24, 2.45) is 5.73 Å². The average molecular weight is 280 g/mol. The molecule has 0 bridgehead atoms. The Labute approximate surface area is 115 Å². The SMILES string of the molecule is CC1(C)OCC(CNC(=O)c2cnc(C(N)=O)cn2)O1. The number of nitrogens with zero attached hydrogens (tertiary/aromatic N) is 2. The summed E-state index contributed by atoms with van der Waals surface area (Å²) in [5, 5.41) is 2.66. The zero-order chi connectivity index (χ0) is 14.8. The number of ether oxygens (including phenoxy) is 2. The summed E-state index contributed by atoms with van der Waals surface area (Å²) in [6.07, 6.45) is 2.16. The number of primary amides is 1. The molecule has 1 unspecified atom stereocenters. The van der Waals surface area contributed by atoms with E-state index in [1.807, 2.05) is 13.8 Å². The van der Waals surface area contributed by atoms with Crippen LogP contribution in [0, 0.1) is 0 Å². The van der Waals surface area contributed by atoms with E-state index in [4.69, 9.17) is 15.2 Å². The third-order valence-corrected chi connectivity index (χ3v) is 2.69. The zero-order valence-electron chi connectivity index (χ0n) is 11.3. The average Bonchev–Trinajstić information content (AvgIpc) is 2.75. The highest BCUT2D eigenvalue weighted by Crippen LogP contribution is 2.21. The number of hydrogen-bond donors (Lipinski definition) is 2. The van der Waals surface area contributed by atoms with E-state index in [2.05, 4.69) is 15.3 Å². The van der Waals surface area contributed by atoms with E-state index in [0.29, 0.717) is 13.2 Å². The molecule has 3 N–H and O–H groups in total. The molecule has 8 nitrogen and oxygen atoms in total. The Balaban J connectivity index is 1.87. The second kappa shape index (κ2) is 5.51. The van der Waals surface area contributed by atoms with E-state index < -0.39 is 17.6 Å². The van der Waals surface area contributed by atoms with E-state index in [-0.39, 0.29) is 17.5 Å². The van der Waals surface area contributed by atoms with Gasteiger partial charge in [-0.15, -0.1) is 0 Å². The van der Waals surface area contributed by atoms with Gasteiger partial charge in [0.2, 0.25) is 0 Å². The van der Waals surface area contributed by atoms with Crippen molar-refractivity contribution in [1.82, 2.24) is 15.3 Å². The van der Waals surface area contributed by atoms with Gasteiger partial charge in [-0.1, -0.05) is 0 Å². The largest absolute Gasteiger partial charge is 0.364 e. The van der Waals surface area contributed by atoms with Crippen LogP contribution in [0.3, 0.4) is 0 Å². The van der Waals surface area contributed by atoms with Gasteiger partial charge in [-0.3, -0.25) is 9.59 Å². The molecule has 1 saturated heterocycles. The van der Waals surface area contributed by atoms with Gasteiger partial charge in [0.25, 0.3) is 11.8 Å². The van der Waals surface area contributed by atoms with Crippen molar-refractivity contribution in [1.29, 1.82) is 0 Å². The minimum Gasteiger partial charge on any atom is -0.364 e. The minimum atomic E-state index is -0.691. The van der Waals surface area contributed by atoms with Crippen molar-refractivity contribution < 1.29 is 19.1 Å². The van der Waals surface area contributed by atoms with Crippen LogP contribution in [0.4, 0.5) is 0 Å². The standard InChI is InChI=1S/C12H16N4O4/c1-12(2)19-6-7(20-12)3-16-11(18)9-5-14-8(4-15-9)10(13)17/h4-5,7H,3,6H2,1-2H3,(H2,13,17)(H,16,18). The molecule has 2 amide bonds. The predicted octanol–water partition coefficient (Wildman–Crippen LogP) is -0.543. The summed E-state index contributed by atoms with van der Waals surface area (Å²) >= 11 is 0. The Hall–Kier alpha value is -2.06. The lowest BCUT2D eigenvalue weighted by Crippen LogP contribution is -2.35. The lowest BCUT2D eigenvalue weighted by atomic mass is 10.3. The number of amides is 2. The minimum absolute atomic E-state index is 0.0100. The highest BCUT2D eigenvalue weighted by atomic mass is 16.7. The Kier molecular flexibility index (Phi) is 3.96. The maximum atomic E-state index is 11.8. The highest BCUT2D eigenvalue weighted by Gasteiger charge is 2.32. The number of nitrogens with two attached hydrogens (primary N) is 1. The first kappa shape index (κ1) is 14.4. The Bertz CT molecular complexity index is 515. The summed E-state index contributed by atoms with van der Waals surface area (Å²) in [7, 11) is 0. The fourth-order valence-electron chi connectivity index (χ4n) is 1.73. The fraction of sp³-hybridized carbons (Fsp3) is 0.500. The fourth-order valence-corrected chi connectivity index (χ4v) is 1.73. The van der Waals surface area contributed by atoms with Crippen LogP contribution < -0.4 is 11.1 Å². The molecular weight excluding hydrogens is 264 g/mol. The number of nitrogens with one attached hydrogen (secondary N) is 1. The second-order valence-corrected chi connectivity index (χ2v) is 4.81. The maximum absolute atomic E-state index is 11.8. The van der Waals surface area contributed by atoms with Crippen LogP contribution in [0.15, 0.2) is 12.4 Å². The molecule has 1 aliphatic rings. The summed E-state index contributed by atoms with van der Waals surface area (Å²) in [6.45, 7) is 4.34. The molecule has 0 radical (unpaired) electrons. The smallest absolute Gasteiger partial charge is 0.271 e. The van der Waals surface area contributed by atoms with Crippen molar-refractivity contribution >= 4 is 11.8 Å². The van der Waals surface area contributed by atoms with Crippen LogP contribution >= 0.6 is 0 Å². The van der Waals surface area contributed by atoms with Gasteiger partial charge >= 0.3 is 0 Å². The number of aromatic nitrogens is 2. The summed E-state index contributed by atoms with van der Waals surface area (Å²) < 4.78 is 10.9. The van der Waals surface area contributed by atoms with Gasteiger partial charge in [-0.05, 0) is 13.8 Å².